The van der Waals surface area contributed by atoms with Gasteiger partial charge in [-0.25, -0.2) is 0 Å². The predicted octanol–water partition coefficient (Wildman–Crippen LogP) is 2.50. The molecule has 0 saturated heterocycles. The zero-order chi connectivity index (χ0) is 15.5. The lowest BCUT2D eigenvalue weighted by atomic mass is 9.93. The molecule has 6 heteroatoms. The molecule has 112 valence electrons. The van der Waals surface area contributed by atoms with E-state index < -0.39 is 5.54 Å². The van der Waals surface area contributed by atoms with E-state index in [1.54, 1.807) is 0 Å². The quantitative estimate of drug-likeness (QED) is 0.881. The van der Waals surface area contributed by atoms with E-state index in [0.717, 1.165) is 16.8 Å². The van der Waals surface area contributed by atoms with Gasteiger partial charge in [-0.2, -0.15) is 0 Å². The first-order valence-corrected chi connectivity index (χ1v) is 6.97. The van der Waals surface area contributed by atoms with Gasteiger partial charge in [0.25, 0.3) is 0 Å². The SMILES string of the molecule is CCC(N)(CC)C(=O)Nc1ccc(-c2nnco2)cc1C. The third-order valence-corrected chi connectivity index (χ3v) is 3.80. The number of nitrogens with two attached hydrogens (primary N) is 1. The van der Waals surface area contributed by atoms with Crippen molar-refractivity contribution in [3.63, 3.8) is 0 Å². The fourth-order valence-electron chi connectivity index (χ4n) is 2.05. The standard InChI is InChI=1S/C15H20N4O2/c1-4-15(16,5-2)14(20)18-12-7-6-11(8-10(12)3)13-19-17-9-21-13/h6-9H,4-5,16H2,1-3H3,(H,18,20). The van der Waals surface area contributed by atoms with Crippen LogP contribution in [-0.4, -0.2) is 21.6 Å². The monoisotopic (exact) mass is 288 g/mol. The van der Waals surface area contributed by atoms with Crippen LogP contribution in [0.5, 0.6) is 0 Å². The summed E-state index contributed by atoms with van der Waals surface area (Å²) in [7, 11) is 0. The van der Waals surface area contributed by atoms with E-state index in [1.807, 2.05) is 39.0 Å². The Balaban J connectivity index is 2.21. The topological polar surface area (TPSA) is 94.0 Å². The van der Waals surface area contributed by atoms with Gasteiger partial charge in [-0.05, 0) is 43.5 Å². The van der Waals surface area contributed by atoms with Crippen molar-refractivity contribution < 1.29 is 9.21 Å². The minimum absolute atomic E-state index is 0.166. The molecule has 0 spiro atoms. The highest BCUT2D eigenvalue weighted by Crippen LogP contribution is 2.24. The van der Waals surface area contributed by atoms with Crippen LogP contribution in [0.25, 0.3) is 11.5 Å². The van der Waals surface area contributed by atoms with Crippen LogP contribution >= 0.6 is 0 Å². The zero-order valence-electron chi connectivity index (χ0n) is 12.5. The lowest BCUT2D eigenvalue weighted by molar-refractivity contribution is -0.121. The molecule has 0 aliphatic heterocycles. The molecule has 3 N–H and O–H groups in total. The van der Waals surface area contributed by atoms with Crippen molar-refractivity contribution in [2.75, 3.05) is 5.32 Å². The zero-order valence-corrected chi connectivity index (χ0v) is 12.5. The maximum absolute atomic E-state index is 12.3. The first kappa shape index (κ1) is 15.2. The molecule has 0 radical (unpaired) electrons. The molecule has 0 atom stereocenters. The molecule has 2 aromatic rings. The summed E-state index contributed by atoms with van der Waals surface area (Å²) in [5.74, 6) is 0.285. The molecule has 0 aliphatic rings. The number of aryl methyl sites for hydroxylation is 1. The van der Waals surface area contributed by atoms with E-state index in [1.165, 1.54) is 6.39 Å². The number of carbonyl (C=O) groups is 1. The van der Waals surface area contributed by atoms with Gasteiger partial charge in [0, 0.05) is 11.3 Å². The largest absolute Gasteiger partial charge is 0.423 e. The number of rotatable bonds is 5. The van der Waals surface area contributed by atoms with E-state index in [0.29, 0.717) is 18.7 Å². The summed E-state index contributed by atoms with van der Waals surface area (Å²) in [6, 6.07) is 5.53. The number of carbonyl (C=O) groups excluding carboxylic acids is 1. The lowest BCUT2D eigenvalue weighted by Crippen LogP contribution is -2.50. The van der Waals surface area contributed by atoms with Crippen molar-refractivity contribution in [1.82, 2.24) is 10.2 Å². The molecule has 0 aliphatic carbocycles. The number of hydrogen-bond acceptors (Lipinski definition) is 5. The molecule has 0 saturated carbocycles. The van der Waals surface area contributed by atoms with Gasteiger partial charge in [0.1, 0.15) is 0 Å². The minimum Gasteiger partial charge on any atom is -0.423 e. The molecule has 1 aromatic heterocycles. The van der Waals surface area contributed by atoms with Gasteiger partial charge in [-0.3, -0.25) is 4.79 Å². The van der Waals surface area contributed by atoms with E-state index >= 15 is 0 Å². The van der Waals surface area contributed by atoms with Crippen LogP contribution in [-0.2, 0) is 4.79 Å². The Labute approximate surface area is 123 Å². The van der Waals surface area contributed by atoms with Crippen LogP contribution in [0.15, 0.2) is 29.0 Å². The highest BCUT2D eigenvalue weighted by Gasteiger charge is 2.30. The van der Waals surface area contributed by atoms with Crippen molar-refractivity contribution in [2.45, 2.75) is 39.2 Å². The van der Waals surface area contributed by atoms with Gasteiger partial charge in [0.15, 0.2) is 0 Å². The number of hydrogen-bond donors (Lipinski definition) is 2. The number of benzene rings is 1. The van der Waals surface area contributed by atoms with Crippen LogP contribution < -0.4 is 11.1 Å². The second-order valence-electron chi connectivity index (χ2n) is 5.09. The van der Waals surface area contributed by atoms with E-state index in [2.05, 4.69) is 15.5 Å². The van der Waals surface area contributed by atoms with Crippen molar-refractivity contribution in [2.24, 2.45) is 5.73 Å². The van der Waals surface area contributed by atoms with Gasteiger partial charge in [0.2, 0.25) is 18.2 Å². The molecular weight excluding hydrogens is 268 g/mol. The van der Waals surface area contributed by atoms with E-state index in [9.17, 15) is 4.79 Å². The molecule has 2 rings (SSSR count). The highest BCUT2D eigenvalue weighted by molar-refractivity contribution is 5.98. The average molecular weight is 288 g/mol. The summed E-state index contributed by atoms with van der Waals surface area (Å²) in [5, 5.41) is 10.4. The Morgan fingerprint density at radius 2 is 2.10 bits per heavy atom. The molecule has 1 aromatic carbocycles. The van der Waals surface area contributed by atoms with Crippen molar-refractivity contribution in [3.8, 4) is 11.5 Å². The first-order valence-electron chi connectivity index (χ1n) is 6.97. The summed E-state index contributed by atoms with van der Waals surface area (Å²) in [5.41, 5.74) is 7.72. The second-order valence-corrected chi connectivity index (χ2v) is 5.09. The molecule has 0 unspecified atom stereocenters. The Hall–Kier alpha value is -2.21. The maximum Gasteiger partial charge on any atom is 0.247 e. The first-order chi connectivity index (χ1) is 10.00. The second kappa shape index (κ2) is 6.05. The van der Waals surface area contributed by atoms with E-state index in [-0.39, 0.29) is 5.91 Å². The maximum atomic E-state index is 12.3. The molecular formula is C15H20N4O2. The minimum atomic E-state index is -0.836. The summed E-state index contributed by atoms with van der Waals surface area (Å²) in [6.07, 6.45) is 2.47. The Kier molecular flexibility index (Phi) is 4.37. The molecule has 6 nitrogen and oxygen atoms in total. The number of aromatic nitrogens is 2. The van der Waals surface area contributed by atoms with Crippen LogP contribution in [0.2, 0.25) is 0 Å². The third kappa shape index (κ3) is 3.11. The van der Waals surface area contributed by atoms with Gasteiger partial charge in [-0.15, -0.1) is 10.2 Å². The third-order valence-electron chi connectivity index (χ3n) is 3.80. The van der Waals surface area contributed by atoms with Crippen LogP contribution in [0.1, 0.15) is 32.3 Å². The van der Waals surface area contributed by atoms with Crippen molar-refractivity contribution in [3.05, 3.63) is 30.2 Å². The van der Waals surface area contributed by atoms with Crippen LogP contribution in [0.3, 0.4) is 0 Å². The lowest BCUT2D eigenvalue weighted by Gasteiger charge is -2.25. The van der Waals surface area contributed by atoms with Crippen LogP contribution in [0.4, 0.5) is 5.69 Å². The van der Waals surface area contributed by atoms with Gasteiger partial charge in [-0.1, -0.05) is 13.8 Å². The summed E-state index contributed by atoms with van der Waals surface area (Å²) < 4.78 is 5.15. The molecule has 0 fully saturated rings. The summed E-state index contributed by atoms with van der Waals surface area (Å²) in [6.45, 7) is 5.73. The number of nitrogens with zero attached hydrogens (tertiary/aromatic N) is 2. The predicted molar refractivity (Wildman–Crippen MR) is 80.6 cm³/mol. The van der Waals surface area contributed by atoms with Gasteiger partial charge < -0.3 is 15.5 Å². The molecule has 1 amide bonds. The summed E-state index contributed by atoms with van der Waals surface area (Å²) in [4.78, 5) is 12.3. The fourth-order valence-corrected chi connectivity index (χ4v) is 2.05. The normalized spacial score (nSPS) is 11.4. The smallest absolute Gasteiger partial charge is 0.247 e. The number of amides is 1. The molecule has 1 heterocycles. The number of nitrogens with one attached hydrogen (secondary N) is 1. The van der Waals surface area contributed by atoms with E-state index in [4.69, 9.17) is 10.2 Å². The Bertz CT molecular complexity index is 619. The Morgan fingerprint density at radius 3 is 2.62 bits per heavy atom. The average Bonchev–Trinajstić information content (AvgIpc) is 3.02. The highest BCUT2D eigenvalue weighted by atomic mass is 16.4. The molecule has 21 heavy (non-hydrogen) atoms. The van der Waals surface area contributed by atoms with Crippen molar-refractivity contribution >= 4 is 11.6 Å². The summed E-state index contributed by atoms with van der Waals surface area (Å²) >= 11 is 0. The molecule has 0 bridgehead atoms. The fraction of sp³-hybridized carbons (Fsp3) is 0.400. The van der Waals surface area contributed by atoms with Crippen molar-refractivity contribution in [1.29, 1.82) is 0 Å². The van der Waals surface area contributed by atoms with Gasteiger partial charge >= 0.3 is 0 Å². The van der Waals surface area contributed by atoms with Crippen LogP contribution in [0, 0.1) is 6.92 Å². The Morgan fingerprint density at radius 1 is 1.38 bits per heavy atom. The number of anilines is 1. The van der Waals surface area contributed by atoms with Gasteiger partial charge in [0.05, 0.1) is 5.54 Å².